The average Bonchev–Trinajstić information content (AvgIpc) is 3.25. The molecule has 6 heteroatoms. The van der Waals surface area contributed by atoms with Crippen LogP contribution in [0.3, 0.4) is 0 Å². The van der Waals surface area contributed by atoms with Crippen molar-refractivity contribution in [2.75, 3.05) is 24.6 Å². The maximum Gasteiger partial charge on any atom is 0.342 e. The summed E-state index contributed by atoms with van der Waals surface area (Å²) in [6, 6.07) is 5.87. The van der Waals surface area contributed by atoms with Crippen LogP contribution >= 0.6 is 0 Å². The highest BCUT2D eigenvalue weighted by Crippen LogP contribution is 2.38. The van der Waals surface area contributed by atoms with E-state index in [-0.39, 0.29) is 12.4 Å². The van der Waals surface area contributed by atoms with E-state index >= 15 is 0 Å². The van der Waals surface area contributed by atoms with E-state index in [2.05, 4.69) is 14.5 Å². The molecule has 0 amide bonds. The number of aromatic nitrogens is 2. The van der Waals surface area contributed by atoms with E-state index in [1.165, 1.54) is 12.8 Å². The molecule has 1 aliphatic carbocycles. The van der Waals surface area contributed by atoms with Crippen molar-refractivity contribution in [3.63, 3.8) is 0 Å². The van der Waals surface area contributed by atoms with Gasteiger partial charge >= 0.3 is 5.97 Å². The average molecular weight is 367 g/mol. The van der Waals surface area contributed by atoms with Crippen molar-refractivity contribution < 1.29 is 14.3 Å². The molecule has 2 aliphatic rings. The summed E-state index contributed by atoms with van der Waals surface area (Å²) >= 11 is 0. The van der Waals surface area contributed by atoms with Crippen LogP contribution in [0.4, 0.5) is 5.82 Å². The number of carbonyl (C=O) groups is 2. The first-order chi connectivity index (χ1) is 13.1. The van der Waals surface area contributed by atoms with Gasteiger partial charge in [0.05, 0.1) is 0 Å². The van der Waals surface area contributed by atoms with Gasteiger partial charge in [-0.05, 0) is 57.7 Å². The maximum atomic E-state index is 12.6. The van der Waals surface area contributed by atoms with Crippen LogP contribution in [0, 0.1) is 13.8 Å². The van der Waals surface area contributed by atoms with Gasteiger partial charge < -0.3 is 14.2 Å². The van der Waals surface area contributed by atoms with Crippen molar-refractivity contribution in [2.24, 2.45) is 0 Å². The number of aryl methyl sites for hydroxylation is 1. The molecule has 27 heavy (non-hydrogen) atoms. The lowest BCUT2D eigenvalue weighted by Crippen LogP contribution is -2.23. The van der Waals surface area contributed by atoms with Crippen LogP contribution < -0.4 is 4.90 Å². The molecule has 2 aromatic heterocycles. The number of Topliss-reactive ketones (excluding diaryl/α,β-unsaturated/α-hetero) is 1. The lowest BCUT2D eigenvalue weighted by atomic mass is 10.1. The van der Waals surface area contributed by atoms with Gasteiger partial charge in [0, 0.05) is 42.3 Å². The molecule has 0 bridgehead atoms. The molecule has 1 aliphatic heterocycles. The second-order valence-electron chi connectivity index (χ2n) is 7.45. The van der Waals surface area contributed by atoms with E-state index in [0.29, 0.717) is 23.0 Å². The van der Waals surface area contributed by atoms with Gasteiger partial charge in [0.1, 0.15) is 11.4 Å². The molecule has 0 atom stereocenters. The van der Waals surface area contributed by atoms with E-state index in [0.717, 1.165) is 37.3 Å². The van der Waals surface area contributed by atoms with Crippen molar-refractivity contribution >= 4 is 17.6 Å². The zero-order valence-corrected chi connectivity index (χ0v) is 15.9. The third-order valence-electron chi connectivity index (χ3n) is 5.44. The minimum Gasteiger partial charge on any atom is -0.454 e. The maximum absolute atomic E-state index is 12.6. The summed E-state index contributed by atoms with van der Waals surface area (Å²) in [6.07, 6.45) is 6.21. The van der Waals surface area contributed by atoms with E-state index < -0.39 is 5.97 Å². The number of anilines is 1. The quantitative estimate of drug-likeness (QED) is 0.578. The highest BCUT2D eigenvalue weighted by molar-refractivity contribution is 6.01. The van der Waals surface area contributed by atoms with Gasteiger partial charge in [-0.1, -0.05) is 0 Å². The van der Waals surface area contributed by atoms with Crippen LogP contribution in [-0.4, -0.2) is 41.0 Å². The second-order valence-corrected chi connectivity index (χ2v) is 7.45. The fourth-order valence-corrected chi connectivity index (χ4v) is 3.98. The van der Waals surface area contributed by atoms with Gasteiger partial charge in [-0.25, -0.2) is 9.78 Å². The van der Waals surface area contributed by atoms with Crippen LogP contribution in [0.15, 0.2) is 24.4 Å². The molecule has 0 radical (unpaired) electrons. The fourth-order valence-electron chi connectivity index (χ4n) is 3.98. The molecule has 6 nitrogen and oxygen atoms in total. The van der Waals surface area contributed by atoms with Gasteiger partial charge in [0.2, 0.25) is 5.78 Å². The highest BCUT2D eigenvalue weighted by Gasteiger charge is 2.29. The molecular formula is C21H25N3O3. The Morgan fingerprint density at radius 3 is 2.63 bits per heavy atom. The summed E-state index contributed by atoms with van der Waals surface area (Å²) < 4.78 is 7.58. The van der Waals surface area contributed by atoms with Crippen molar-refractivity contribution in [1.82, 2.24) is 9.55 Å². The minimum atomic E-state index is -0.491. The van der Waals surface area contributed by atoms with Crippen molar-refractivity contribution in [3.8, 4) is 0 Å². The lowest BCUT2D eigenvalue weighted by molar-refractivity contribution is 0.0474. The van der Waals surface area contributed by atoms with Crippen LogP contribution in [0.5, 0.6) is 0 Å². The summed E-state index contributed by atoms with van der Waals surface area (Å²) in [6.45, 7) is 5.52. The molecule has 0 aromatic carbocycles. The Balaban J connectivity index is 1.45. The first-order valence-electron chi connectivity index (χ1n) is 9.65. The Labute approximate surface area is 159 Å². The molecule has 4 rings (SSSR count). The van der Waals surface area contributed by atoms with E-state index in [9.17, 15) is 9.59 Å². The predicted molar refractivity (Wildman–Crippen MR) is 102 cm³/mol. The topological polar surface area (TPSA) is 64.4 Å². The summed E-state index contributed by atoms with van der Waals surface area (Å²) in [5, 5.41) is 0. The van der Waals surface area contributed by atoms with Crippen LogP contribution in [-0.2, 0) is 4.74 Å². The molecule has 3 heterocycles. The number of hydrogen-bond acceptors (Lipinski definition) is 5. The minimum absolute atomic E-state index is 0.157. The molecule has 1 saturated heterocycles. The number of carbonyl (C=O) groups excluding carboxylic acids is 2. The van der Waals surface area contributed by atoms with Crippen molar-refractivity contribution in [3.05, 3.63) is 46.9 Å². The Morgan fingerprint density at radius 1 is 1.19 bits per heavy atom. The number of hydrogen-bond donors (Lipinski definition) is 0. The fraction of sp³-hybridized carbons (Fsp3) is 0.476. The van der Waals surface area contributed by atoms with Gasteiger partial charge in [-0.15, -0.1) is 0 Å². The smallest absolute Gasteiger partial charge is 0.342 e. The summed E-state index contributed by atoms with van der Waals surface area (Å²) in [5.74, 6) is 0.00340. The molecule has 2 aromatic rings. The van der Waals surface area contributed by atoms with E-state index in [1.807, 2.05) is 19.9 Å². The van der Waals surface area contributed by atoms with Crippen LogP contribution in [0.1, 0.15) is 63.8 Å². The summed E-state index contributed by atoms with van der Waals surface area (Å²) in [7, 11) is 0. The van der Waals surface area contributed by atoms with Crippen LogP contribution in [0.2, 0.25) is 0 Å². The largest absolute Gasteiger partial charge is 0.454 e. The van der Waals surface area contributed by atoms with Gasteiger partial charge in [-0.3, -0.25) is 4.79 Å². The zero-order chi connectivity index (χ0) is 19.0. The second kappa shape index (κ2) is 7.18. The monoisotopic (exact) mass is 367 g/mol. The van der Waals surface area contributed by atoms with Crippen molar-refractivity contribution in [1.29, 1.82) is 0 Å². The third kappa shape index (κ3) is 3.48. The number of nitrogens with zero attached hydrogens (tertiary/aromatic N) is 3. The Bertz CT molecular complexity index is 877. The number of pyridine rings is 1. The molecule has 1 saturated carbocycles. The third-order valence-corrected chi connectivity index (χ3v) is 5.44. The number of esters is 1. The molecule has 2 fully saturated rings. The predicted octanol–water partition coefficient (Wildman–Crippen LogP) is 3.47. The number of ketones is 1. The van der Waals surface area contributed by atoms with Crippen molar-refractivity contribution in [2.45, 2.75) is 45.6 Å². The van der Waals surface area contributed by atoms with E-state index in [4.69, 9.17) is 4.74 Å². The molecule has 0 spiro atoms. The van der Waals surface area contributed by atoms with Gasteiger partial charge in [-0.2, -0.15) is 0 Å². The first kappa shape index (κ1) is 17.8. The Morgan fingerprint density at radius 2 is 1.93 bits per heavy atom. The molecule has 0 unspecified atom stereocenters. The molecule has 142 valence electrons. The Kier molecular flexibility index (Phi) is 4.72. The standard InChI is InChI=1S/C21H25N3O3/c1-14-12-18(15(2)24(14)16-7-8-16)19(25)13-27-21(26)17-6-5-9-22-20(17)23-10-3-4-11-23/h5-6,9,12,16H,3-4,7-8,10-11,13H2,1-2H3. The van der Waals surface area contributed by atoms with E-state index in [1.54, 1.807) is 18.3 Å². The molecule has 0 N–H and O–H groups in total. The SMILES string of the molecule is Cc1cc(C(=O)COC(=O)c2cccnc2N2CCCC2)c(C)n1C1CC1. The number of ether oxygens (including phenoxy) is 1. The lowest BCUT2D eigenvalue weighted by Gasteiger charge is -2.18. The van der Waals surface area contributed by atoms with Gasteiger partial charge in [0.15, 0.2) is 6.61 Å². The first-order valence-corrected chi connectivity index (χ1v) is 9.65. The Hall–Kier alpha value is -2.63. The number of rotatable bonds is 6. The molecular weight excluding hydrogens is 342 g/mol. The summed E-state index contributed by atoms with van der Waals surface area (Å²) in [4.78, 5) is 31.7. The summed E-state index contributed by atoms with van der Waals surface area (Å²) in [5.41, 5.74) is 3.14. The van der Waals surface area contributed by atoms with Gasteiger partial charge in [0.25, 0.3) is 0 Å². The van der Waals surface area contributed by atoms with Crippen LogP contribution in [0.25, 0.3) is 0 Å². The zero-order valence-electron chi connectivity index (χ0n) is 15.9. The highest BCUT2D eigenvalue weighted by atomic mass is 16.5. The normalized spacial score (nSPS) is 16.6.